The molecule has 148 valence electrons. The molecule has 30 heavy (non-hydrogen) atoms. The third-order valence-electron chi connectivity index (χ3n) is 4.43. The number of anilines is 4. The van der Waals surface area contributed by atoms with Gasteiger partial charge in [0, 0.05) is 28.9 Å². The summed E-state index contributed by atoms with van der Waals surface area (Å²) >= 11 is 0. The molecule has 4 rings (SSSR count). The van der Waals surface area contributed by atoms with Gasteiger partial charge in [-0.2, -0.15) is 0 Å². The van der Waals surface area contributed by atoms with Crippen LogP contribution in [0.4, 0.5) is 34.3 Å². The Morgan fingerprint density at radius 2 is 1.33 bits per heavy atom. The summed E-state index contributed by atoms with van der Waals surface area (Å²) in [5, 5.41) is 29.5. The van der Waals surface area contributed by atoms with Crippen molar-refractivity contribution in [2.24, 2.45) is 0 Å². The zero-order valence-electron chi connectivity index (χ0n) is 15.5. The average Bonchev–Trinajstić information content (AvgIpc) is 2.74. The van der Waals surface area contributed by atoms with E-state index in [1.165, 1.54) is 24.3 Å². The van der Waals surface area contributed by atoms with E-state index in [9.17, 15) is 20.2 Å². The van der Waals surface area contributed by atoms with Crippen molar-refractivity contribution < 1.29 is 9.85 Å². The van der Waals surface area contributed by atoms with Crippen LogP contribution in [0, 0.1) is 20.2 Å². The van der Waals surface area contributed by atoms with Gasteiger partial charge in [-0.05, 0) is 30.3 Å². The summed E-state index contributed by atoms with van der Waals surface area (Å²) in [6.45, 7) is 0. The number of aromatic nitrogens is 1. The molecule has 0 saturated carbocycles. The number of benzene rings is 3. The van der Waals surface area contributed by atoms with Crippen molar-refractivity contribution in [3.05, 3.63) is 99.1 Å². The number of para-hydroxylation sites is 2. The summed E-state index contributed by atoms with van der Waals surface area (Å²) in [6, 6.07) is 21.7. The molecule has 9 heteroatoms. The molecule has 4 aromatic rings. The van der Waals surface area contributed by atoms with Crippen LogP contribution < -0.4 is 10.6 Å². The van der Waals surface area contributed by atoms with Gasteiger partial charge in [0.2, 0.25) is 5.82 Å². The van der Waals surface area contributed by atoms with Crippen molar-refractivity contribution in [2.75, 3.05) is 10.6 Å². The smallest absolute Gasteiger partial charge is 0.335 e. The molecule has 0 spiro atoms. The van der Waals surface area contributed by atoms with E-state index in [2.05, 4.69) is 15.6 Å². The average molecular weight is 401 g/mol. The Balaban J connectivity index is 1.86. The fourth-order valence-corrected chi connectivity index (χ4v) is 3.06. The molecule has 1 heterocycles. The van der Waals surface area contributed by atoms with Gasteiger partial charge in [0.1, 0.15) is 5.69 Å². The number of hydrogen-bond acceptors (Lipinski definition) is 7. The number of hydrogen-bond donors (Lipinski definition) is 2. The molecule has 0 aliphatic rings. The van der Waals surface area contributed by atoms with Crippen molar-refractivity contribution >= 4 is 45.2 Å². The highest BCUT2D eigenvalue weighted by molar-refractivity contribution is 6.01. The third kappa shape index (κ3) is 3.72. The first-order valence-corrected chi connectivity index (χ1v) is 8.93. The minimum atomic E-state index is -0.504. The maximum atomic E-state index is 12.0. The molecule has 2 N–H and O–H groups in total. The van der Waals surface area contributed by atoms with E-state index in [0.29, 0.717) is 22.3 Å². The van der Waals surface area contributed by atoms with Gasteiger partial charge in [-0.25, -0.2) is 4.98 Å². The molecule has 9 nitrogen and oxygen atoms in total. The van der Waals surface area contributed by atoms with Crippen LogP contribution in [-0.4, -0.2) is 14.8 Å². The van der Waals surface area contributed by atoms with Crippen molar-refractivity contribution in [1.82, 2.24) is 4.98 Å². The number of pyridine rings is 1. The summed E-state index contributed by atoms with van der Waals surface area (Å²) in [7, 11) is 0. The monoisotopic (exact) mass is 401 g/mol. The highest BCUT2D eigenvalue weighted by atomic mass is 16.6. The standard InChI is InChI=1S/C21H15N5O4/c27-25(28)16-12-10-15(11-13-16)22-19-17-8-4-5-9-18(17)24-21(20(19)26(29)30)23-14-6-2-1-3-7-14/h1-13H,(H2,22,23,24). The SMILES string of the molecule is O=[N+]([O-])c1ccc(Nc2c([N+](=O)[O-])c(Nc3ccccc3)nc3ccccc23)cc1. The van der Waals surface area contributed by atoms with Crippen molar-refractivity contribution in [1.29, 1.82) is 0 Å². The summed E-state index contributed by atoms with van der Waals surface area (Å²) in [5.74, 6) is 0.0920. The number of nitrogens with zero attached hydrogens (tertiary/aromatic N) is 3. The normalized spacial score (nSPS) is 10.5. The summed E-state index contributed by atoms with van der Waals surface area (Å²) in [4.78, 5) is 26.3. The van der Waals surface area contributed by atoms with Crippen molar-refractivity contribution in [3.63, 3.8) is 0 Å². The van der Waals surface area contributed by atoms with Gasteiger partial charge in [0.05, 0.1) is 15.4 Å². The lowest BCUT2D eigenvalue weighted by Gasteiger charge is -2.14. The minimum Gasteiger partial charge on any atom is -0.349 e. The molecular formula is C21H15N5O4. The lowest BCUT2D eigenvalue weighted by atomic mass is 10.1. The fraction of sp³-hybridized carbons (Fsp3) is 0. The Bertz CT molecular complexity index is 1240. The second-order valence-electron chi connectivity index (χ2n) is 6.38. The third-order valence-corrected chi connectivity index (χ3v) is 4.43. The molecule has 0 saturated heterocycles. The molecule has 0 aliphatic carbocycles. The lowest BCUT2D eigenvalue weighted by molar-refractivity contribution is -0.384. The van der Waals surface area contributed by atoms with Crippen LogP contribution >= 0.6 is 0 Å². The molecular weight excluding hydrogens is 386 g/mol. The molecule has 0 fully saturated rings. The van der Waals surface area contributed by atoms with Crippen LogP contribution in [0.15, 0.2) is 78.9 Å². The summed E-state index contributed by atoms with van der Waals surface area (Å²) in [5.41, 5.74) is 1.65. The molecule has 0 bridgehead atoms. The molecule has 0 amide bonds. The number of nitro groups is 2. The number of non-ortho nitro benzene ring substituents is 1. The first-order valence-electron chi connectivity index (χ1n) is 8.93. The van der Waals surface area contributed by atoms with Gasteiger partial charge in [-0.1, -0.05) is 36.4 Å². The van der Waals surface area contributed by atoms with Crippen molar-refractivity contribution in [3.8, 4) is 0 Å². The number of fused-ring (bicyclic) bond motifs is 1. The van der Waals surface area contributed by atoms with Gasteiger partial charge in [-0.15, -0.1) is 0 Å². The Kier molecular flexibility index (Phi) is 4.92. The zero-order chi connectivity index (χ0) is 21.1. The van der Waals surface area contributed by atoms with E-state index < -0.39 is 9.85 Å². The molecule has 1 aromatic heterocycles. The summed E-state index contributed by atoms with van der Waals surface area (Å²) in [6.07, 6.45) is 0. The van der Waals surface area contributed by atoms with Crippen molar-refractivity contribution in [2.45, 2.75) is 0 Å². The number of rotatable bonds is 6. The maximum absolute atomic E-state index is 12.0. The van der Waals surface area contributed by atoms with Gasteiger partial charge in [0.15, 0.2) is 0 Å². The zero-order valence-corrected chi connectivity index (χ0v) is 15.5. The quantitative estimate of drug-likeness (QED) is 0.321. The van der Waals surface area contributed by atoms with Crippen LogP contribution in [-0.2, 0) is 0 Å². The lowest BCUT2D eigenvalue weighted by Crippen LogP contribution is -2.05. The van der Waals surface area contributed by atoms with Crippen LogP contribution in [0.5, 0.6) is 0 Å². The van der Waals surface area contributed by atoms with E-state index in [-0.39, 0.29) is 22.9 Å². The Morgan fingerprint density at radius 1 is 0.700 bits per heavy atom. The summed E-state index contributed by atoms with van der Waals surface area (Å²) < 4.78 is 0. The second-order valence-corrected chi connectivity index (χ2v) is 6.38. The molecule has 0 unspecified atom stereocenters. The fourth-order valence-electron chi connectivity index (χ4n) is 3.06. The van der Waals surface area contributed by atoms with E-state index in [4.69, 9.17) is 0 Å². The maximum Gasteiger partial charge on any atom is 0.335 e. The van der Waals surface area contributed by atoms with Crippen LogP contribution in [0.1, 0.15) is 0 Å². The predicted molar refractivity (Wildman–Crippen MR) is 115 cm³/mol. The molecule has 0 aliphatic heterocycles. The first kappa shape index (κ1) is 18.8. The Hall–Kier alpha value is -4.53. The second kappa shape index (κ2) is 7.84. The van der Waals surface area contributed by atoms with E-state index in [0.717, 1.165) is 0 Å². The van der Waals surface area contributed by atoms with Gasteiger partial charge in [-0.3, -0.25) is 20.2 Å². The molecule has 3 aromatic carbocycles. The highest BCUT2D eigenvalue weighted by Crippen LogP contribution is 2.40. The molecule has 0 atom stereocenters. The Labute approximate surface area is 170 Å². The Morgan fingerprint density at radius 3 is 2.00 bits per heavy atom. The molecule has 0 radical (unpaired) electrons. The van der Waals surface area contributed by atoms with Gasteiger partial charge >= 0.3 is 5.69 Å². The topological polar surface area (TPSA) is 123 Å². The highest BCUT2D eigenvalue weighted by Gasteiger charge is 2.25. The van der Waals surface area contributed by atoms with E-state index >= 15 is 0 Å². The van der Waals surface area contributed by atoms with Crippen LogP contribution in [0.25, 0.3) is 10.9 Å². The van der Waals surface area contributed by atoms with Gasteiger partial charge in [0.25, 0.3) is 5.69 Å². The number of nitro benzene ring substituents is 1. The van der Waals surface area contributed by atoms with Gasteiger partial charge < -0.3 is 10.6 Å². The number of nitrogens with one attached hydrogen (secondary N) is 2. The largest absolute Gasteiger partial charge is 0.349 e. The van der Waals surface area contributed by atoms with Crippen LogP contribution in [0.3, 0.4) is 0 Å². The first-order chi connectivity index (χ1) is 14.5. The minimum absolute atomic E-state index is 0.0685. The van der Waals surface area contributed by atoms with E-state index in [1.54, 1.807) is 36.4 Å². The van der Waals surface area contributed by atoms with Crippen LogP contribution in [0.2, 0.25) is 0 Å². The van der Waals surface area contributed by atoms with E-state index in [1.807, 2.05) is 18.2 Å². The predicted octanol–water partition coefficient (Wildman–Crippen LogP) is 5.54.